The van der Waals surface area contributed by atoms with E-state index in [1.807, 2.05) is 18.2 Å². The normalized spacial score (nSPS) is 14.6. The van der Waals surface area contributed by atoms with Gasteiger partial charge >= 0.3 is 6.18 Å². The maximum absolute atomic E-state index is 13.3. The number of carbonyl (C=O) groups is 1. The van der Waals surface area contributed by atoms with E-state index in [2.05, 4.69) is 20.6 Å². The summed E-state index contributed by atoms with van der Waals surface area (Å²) < 4.78 is 40.0. The molecule has 0 unspecified atom stereocenters. The number of piperazine rings is 1. The molecule has 184 valence electrons. The topological polar surface area (TPSA) is 60.5 Å². The van der Waals surface area contributed by atoms with E-state index in [-0.39, 0.29) is 11.4 Å². The first-order chi connectivity index (χ1) is 16.6. The SMILES string of the molecule is Cc1ccc(Cl)cc1Nc1nc(C(F)(F)F)ccc1C(=O)NN1CCN(c2cccc(Cl)c2)CC1. The summed E-state index contributed by atoms with van der Waals surface area (Å²) in [6.45, 7) is 4.08. The van der Waals surface area contributed by atoms with E-state index in [1.54, 1.807) is 36.2 Å². The van der Waals surface area contributed by atoms with E-state index in [9.17, 15) is 18.0 Å². The van der Waals surface area contributed by atoms with Gasteiger partial charge in [0, 0.05) is 47.6 Å². The molecule has 0 aliphatic carbocycles. The lowest BCUT2D eigenvalue weighted by molar-refractivity contribution is -0.141. The van der Waals surface area contributed by atoms with Gasteiger partial charge in [-0.05, 0) is 55.0 Å². The second-order valence-corrected chi connectivity index (χ2v) is 8.94. The third-order valence-electron chi connectivity index (χ3n) is 5.60. The van der Waals surface area contributed by atoms with Gasteiger partial charge < -0.3 is 10.2 Å². The summed E-state index contributed by atoms with van der Waals surface area (Å²) in [5, 5.41) is 5.62. The number of aromatic nitrogens is 1. The van der Waals surface area contributed by atoms with Gasteiger partial charge in [0.15, 0.2) is 0 Å². The summed E-state index contributed by atoms with van der Waals surface area (Å²) >= 11 is 12.1. The first-order valence-corrected chi connectivity index (χ1v) is 11.5. The van der Waals surface area contributed by atoms with Crippen molar-refractivity contribution in [2.75, 3.05) is 36.4 Å². The first kappa shape index (κ1) is 25.1. The standard InChI is InChI=1S/C24H22Cl2F3N5O/c1-15-5-6-17(26)14-20(15)30-22-19(7-8-21(31-22)24(27,28)29)23(35)32-34-11-9-33(10-12-34)18-4-2-3-16(25)13-18/h2-8,13-14H,9-12H2,1H3,(H,30,31)(H,32,35). The van der Waals surface area contributed by atoms with Crippen LogP contribution in [0, 0.1) is 6.92 Å². The van der Waals surface area contributed by atoms with Gasteiger partial charge in [-0.2, -0.15) is 13.2 Å². The van der Waals surface area contributed by atoms with Crippen molar-refractivity contribution < 1.29 is 18.0 Å². The van der Waals surface area contributed by atoms with Crippen LogP contribution in [0.1, 0.15) is 21.6 Å². The third kappa shape index (κ3) is 6.17. The van der Waals surface area contributed by atoms with Gasteiger partial charge in [0.2, 0.25) is 0 Å². The first-order valence-electron chi connectivity index (χ1n) is 10.8. The Kier molecular flexibility index (Phi) is 7.39. The summed E-state index contributed by atoms with van der Waals surface area (Å²) in [5.41, 5.74) is 3.83. The number of anilines is 3. The molecule has 6 nitrogen and oxygen atoms in total. The number of nitrogens with one attached hydrogen (secondary N) is 2. The molecule has 35 heavy (non-hydrogen) atoms. The van der Waals surface area contributed by atoms with Crippen molar-refractivity contribution in [1.29, 1.82) is 0 Å². The minimum Gasteiger partial charge on any atom is -0.369 e. The van der Waals surface area contributed by atoms with E-state index in [4.69, 9.17) is 23.2 Å². The molecule has 0 bridgehead atoms. The number of nitrogens with zero attached hydrogens (tertiary/aromatic N) is 3. The number of amides is 1. The smallest absolute Gasteiger partial charge is 0.369 e. The Bertz CT molecular complexity index is 1230. The Hall–Kier alpha value is -3.01. The van der Waals surface area contributed by atoms with Crippen molar-refractivity contribution in [1.82, 2.24) is 15.4 Å². The lowest BCUT2D eigenvalue weighted by atomic mass is 10.1. The van der Waals surface area contributed by atoms with E-state index in [0.717, 1.165) is 23.4 Å². The van der Waals surface area contributed by atoms with Crippen LogP contribution in [-0.2, 0) is 6.18 Å². The van der Waals surface area contributed by atoms with Gasteiger partial charge in [-0.1, -0.05) is 35.3 Å². The molecule has 2 aromatic carbocycles. The van der Waals surface area contributed by atoms with Crippen LogP contribution in [0.15, 0.2) is 54.6 Å². The summed E-state index contributed by atoms with van der Waals surface area (Å²) in [4.78, 5) is 18.9. The Labute approximate surface area is 210 Å². The van der Waals surface area contributed by atoms with Crippen LogP contribution in [-0.4, -0.2) is 42.1 Å². The van der Waals surface area contributed by atoms with Crippen molar-refractivity contribution in [3.05, 3.63) is 81.5 Å². The van der Waals surface area contributed by atoms with Crippen molar-refractivity contribution >= 4 is 46.3 Å². The highest BCUT2D eigenvalue weighted by Crippen LogP contribution is 2.31. The van der Waals surface area contributed by atoms with Crippen LogP contribution >= 0.6 is 23.2 Å². The molecule has 1 fully saturated rings. The average Bonchev–Trinajstić information content (AvgIpc) is 2.81. The molecule has 3 aromatic rings. The van der Waals surface area contributed by atoms with Crippen LogP contribution in [0.25, 0.3) is 0 Å². The second kappa shape index (κ2) is 10.3. The second-order valence-electron chi connectivity index (χ2n) is 8.07. The number of aryl methyl sites for hydroxylation is 1. The van der Waals surface area contributed by atoms with Crippen LogP contribution in [0.5, 0.6) is 0 Å². The molecule has 1 saturated heterocycles. The highest BCUT2D eigenvalue weighted by Gasteiger charge is 2.34. The number of pyridine rings is 1. The maximum atomic E-state index is 13.3. The van der Waals surface area contributed by atoms with Gasteiger partial charge in [0.25, 0.3) is 5.91 Å². The average molecular weight is 524 g/mol. The fourth-order valence-electron chi connectivity index (χ4n) is 3.71. The fraction of sp³-hybridized carbons (Fsp3) is 0.250. The highest BCUT2D eigenvalue weighted by atomic mass is 35.5. The molecule has 0 spiro atoms. The molecule has 11 heteroatoms. The number of halogens is 5. The Morgan fingerprint density at radius 1 is 0.971 bits per heavy atom. The molecule has 2 N–H and O–H groups in total. The molecule has 1 aromatic heterocycles. The zero-order chi connectivity index (χ0) is 25.2. The van der Waals surface area contributed by atoms with E-state index >= 15 is 0 Å². The molecule has 1 aliphatic heterocycles. The van der Waals surface area contributed by atoms with Crippen molar-refractivity contribution in [3.8, 4) is 0 Å². The zero-order valence-electron chi connectivity index (χ0n) is 18.7. The number of hydrogen-bond donors (Lipinski definition) is 2. The van der Waals surface area contributed by atoms with Crippen molar-refractivity contribution in [3.63, 3.8) is 0 Å². The monoisotopic (exact) mass is 523 g/mol. The molecule has 2 heterocycles. The van der Waals surface area contributed by atoms with E-state index in [1.165, 1.54) is 0 Å². The van der Waals surface area contributed by atoms with Crippen LogP contribution in [0.2, 0.25) is 10.0 Å². The number of alkyl halides is 3. The van der Waals surface area contributed by atoms with Crippen LogP contribution in [0.3, 0.4) is 0 Å². The third-order valence-corrected chi connectivity index (χ3v) is 6.07. The van der Waals surface area contributed by atoms with Gasteiger partial charge in [0.05, 0.1) is 5.56 Å². The van der Waals surface area contributed by atoms with Crippen LogP contribution in [0.4, 0.5) is 30.4 Å². The Balaban J connectivity index is 1.51. The quantitative estimate of drug-likeness (QED) is 0.434. The molecule has 0 atom stereocenters. The fourth-order valence-corrected chi connectivity index (χ4v) is 4.06. The summed E-state index contributed by atoms with van der Waals surface area (Å²) in [7, 11) is 0. The molecule has 0 radical (unpaired) electrons. The zero-order valence-corrected chi connectivity index (χ0v) is 20.2. The molecule has 1 aliphatic rings. The van der Waals surface area contributed by atoms with Crippen molar-refractivity contribution in [2.45, 2.75) is 13.1 Å². The molecule has 1 amide bonds. The number of hydrazine groups is 1. The molecular weight excluding hydrogens is 502 g/mol. The number of benzene rings is 2. The van der Waals surface area contributed by atoms with E-state index < -0.39 is 17.8 Å². The summed E-state index contributed by atoms with van der Waals surface area (Å²) in [6, 6.07) is 14.4. The molecule has 4 rings (SSSR count). The number of rotatable bonds is 5. The van der Waals surface area contributed by atoms with Crippen molar-refractivity contribution in [2.24, 2.45) is 0 Å². The number of carbonyl (C=O) groups excluding carboxylic acids is 1. The predicted molar refractivity (Wildman–Crippen MR) is 131 cm³/mol. The van der Waals surface area contributed by atoms with Gasteiger partial charge in [0.1, 0.15) is 11.5 Å². The highest BCUT2D eigenvalue weighted by molar-refractivity contribution is 6.31. The molecular formula is C24H22Cl2F3N5O. The van der Waals surface area contributed by atoms with Gasteiger partial charge in [-0.15, -0.1) is 0 Å². The summed E-state index contributed by atoms with van der Waals surface area (Å²) in [5.74, 6) is -0.773. The largest absolute Gasteiger partial charge is 0.433 e. The molecule has 0 saturated carbocycles. The Morgan fingerprint density at radius 3 is 2.37 bits per heavy atom. The van der Waals surface area contributed by atoms with E-state index in [0.29, 0.717) is 41.9 Å². The Morgan fingerprint density at radius 2 is 1.69 bits per heavy atom. The minimum atomic E-state index is -4.66. The number of hydrogen-bond acceptors (Lipinski definition) is 5. The lowest BCUT2D eigenvalue weighted by Gasteiger charge is -2.36. The summed E-state index contributed by atoms with van der Waals surface area (Å²) in [6.07, 6.45) is -4.66. The lowest BCUT2D eigenvalue weighted by Crippen LogP contribution is -2.53. The predicted octanol–water partition coefficient (Wildman–Crippen LogP) is 5.93. The van der Waals surface area contributed by atoms with Crippen LogP contribution < -0.4 is 15.6 Å². The van der Waals surface area contributed by atoms with Gasteiger partial charge in [-0.25, -0.2) is 9.99 Å². The van der Waals surface area contributed by atoms with Gasteiger partial charge in [-0.3, -0.25) is 10.2 Å². The minimum absolute atomic E-state index is 0.0188. The maximum Gasteiger partial charge on any atom is 0.433 e.